The minimum atomic E-state index is 0.543. The average Bonchev–Trinajstić information content (AvgIpc) is 2.81. The highest BCUT2D eigenvalue weighted by Gasteiger charge is 2.23. The molecule has 1 aliphatic carbocycles. The molecule has 102 valence electrons. The van der Waals surface area contributed by atoms with Crippen LogP contribution < -0.4 is 0 Å². The van der Waals surface area contributed by atoms with Crippen molar-refractivity contribution in [3.8, 4) is 0 Å². The van der Waals surface area contributed by atoms with Gasteiger partial charge in [-0.15, -0.1) is 11.3 Å². The molecule has 1 atom stereocenters. The van der Waals surface area contributed by atoms with E-state index in [1.54, 1.807) is 0 Å². The molecule has 0 radical (unpaired) electrons. The van der Waals surface area contributed by atoms with Crippen molar-refractivity contribution in [2.75, 3.05) is 0 Å². The Hall–Kier alpha value is -0.340. The van der Waals surface area contributed by atoms with E-state index in [1.807, 2.05) is 11.3 Å². The highest BCUT2D eigenvalue weighted by Crippen LogP contribution is 2.43. The third-order valence-electron chi connectivity index (χ3n) is 4.37. The van der Waals surface area contributed by atoms with E-state index in [2.05, 4.69) is 45.6 Å². The summed E-state index contributed by atoms with van der Waals surface area (Å²) in [5.74, 6) is 0.818. The van der Waals surface area contributed by atoms with Crippen molar-refractivity contribution >= 4 is 37.4 Å². The molecular weight excluding hydrogens is 316 g/mol. The van der Waals surface area contributed by atoms with Gasteiger partial charge in [-0.25, -0.2) is 0 Å². The summed E-state index contributed by atoms with van der Waals surface area (Å²) in [7, 11) is 0. The molecule has 1 aliphatic rings. The average molecular weight is 337 g/mol. The fourth-order valence-electron chi connectivity index (χ4n) is 3.25. The maximum Gasteiger partial charge on any atom is 0.0437 e. The summed E-state index contributed by atoms with van der Waals surface area (Å²) in [5, 5.41) is 3.82. The second-order valence-electron chi connectivity index (χ2n) is 5.69. The zero-order chi connectivity index (χ0) is 13.1. The van der Waals surface area contributed by atoms with Crippen LogP contribution in [0.25, 0.3) is 10.1 Å². The van der Waals surface area contributed by atoms with Crippen LogP contribution in [0.5, 0.6) is 0 Å². The highest BCUT2D eigenvalue weighted by atomic mass is 79.9. The lowest BCUT2D eigenvalue weighted by Crippen LogP contribution is -2.09. The van der Waals surface area contributed by atoms with E-state index in [4.69, 9.17) is 0 Å². The van der Waals surface area contributed by atoms with Gasteiger partial charge < -0.3 is 0 Å². The van der Waals surface area contributed by atoms with E-state index in [9.17, 15) is 0 Å². The molecular formula is C17H21BrS. The van der Waals surface area contributed by atoms with E-state index in [1.165, 1.54) is 60.6 Å². The Labute approximate surface area is 128 Å². The van der Waals surface area contributed by atoms with Crippen molar-refractivity contribution in [1.29, 1.82) is 0 Å². The molecule has 2 heteroatoms. The number of fused-ring (bicyclic) bond motifs is 1. The van der Waals surface area contributed by atoms with Gasteiger partial charge in [0.05, 0.1) is 0 Å². The quantitative estimate of drug-likeness (QED) is 0.535. The first-order valence-electron chi connectivity index (χ1n) is 7.46. The number of alkyl halides is 1. The van der Waals surface area contributed by atoms with Gasteiger partial charge in [0, 0.05) is 9.53 Å². The topological polar surface area (TPSA) is 0 Å². The Morgan fingerprint density at radius 1 is 1.00 bits per heavy atom. The van der Waals surface area contributed by atoms with Crippen LogP contribution in [-0.4, -0.2) is 0 Å². The van der Waals surface area contributed by atoms with E-state index in [0.29, 0.717) is 4.83 Å². The van der Waals surface area contributed by atoms with Crippen LogP contribution in [0.2, 0.25) is 0 Å². The Balaban J connectivity index is 1.83. The van der Waals surface area contributed by atoms with Gasteiger partial charge in [-0.1, -0.05) is 66.2 Å². The molecule has 1 aromatic heterocycles. The number of thiophene rings is 1. The molecule has 3 rings (SSSR count). The SMILES string of the molecule is BrC(c1csc2ccccc12)C1CCCCCCC1. The van der Waals surface area contributed by atoms with Gasteiger partial charge >= 0.3 is 0 Å². The van der Waals surface area contributed by atoms with Crippen LogP contribution in [0, 0.1) is 5.92 Å². The molecule has 0 bridgehead atoms. The third kappa shape index (κ3) is 3.05. The summed E-state index contributed by atoms with van der Waals surface area (Å²) in [4.78, 5) is 0.543. The van der Waals surface area contributed by atoms with Gasteiger partial charge in [0.15, 0.2) is 0 Å². The van der Waals surface area contributed by atoms with Crippen molar-refractivity contribution in [3.63, 3.8) is 0 Å². The fraction of sp³-hybridized carbons (Fsp3) is 0.529. The maximum atomic E-state index is 4.01. The van der Waals surface area contributed by atoms with E-state index in [-0.39, 0.29) is 0 Å². The highest BCUT2D eigenvalue weighted by molar-refractivity contribution is 9.09. The molecule has 0 nitrogen and oxygen atoms in total. The third-order valence-corrected chi connectivity index (χ3v) is 6.59. The van der Waals surface area contributed by atoms with E-state index >= 15 is 0 Å². The van der Waals surface area contributed by atoms with E-state index < -0.39 is 0 Å². The Morgan fingerprint density at radius 2 is 1.68 bits per heavy atom. The smallest absolute Gasteiger partial charge is 0.0437 e. The number of halogens is 1. The van der Waals surface area contributed by atoms with Crippen molar-refractivity contribution in [1.82, 2.24) is 0 Å². The summed E-state index contributed by atoms with van der Waals surface area (Å²) in [6, 6.07) is 8.82. The minimum absolute atomic E-state index is 0.543. The molecule has 2 aromatic rings. The zero-order valence-corrected chi connectivity index (χ0v) is 13.7. The largest absolute Gasteiger partial charge is 0.143 e. The van der Waals surface area contributed by atoms with Gasteiger partial charge in [0.2, 0.25) is 0 Å². The first-order valence-corrected chi connectivity index (χ1v) is 9.26. The predicted molar refractivity (Wildman–Crippen MR) is 89.3 cm³/mol. The minimum Gasteiger partial charge on any atom is -0.143 e. The van der Waals surface area contributed by atoms with Crippen molar-refractivity contribution in [3.05, 3.63) is 35.2 Å². The van der Waals surface area contributed by atoms with Crippen LogP contribution in [0.4, 0.5) is 0 Å². The Morgan fingerprint density at radius 3 is 2.47 bits per heavy atom. The van der Waals surface area contributed by atoms with Crippen molar-refractivity contribution < 1.29 is 0 Å². The number of benzene rings is 1. The van der Waals surface area contributed by atoms with E-state index in [0.717, 1.165) is 5.92 Å². The molecule has 0 saturated heterocycles. The first kappa shape index (κ1) is 13.6. The molecule has 0 N–H and O–H groups in total. The van der Waals surface area contributed by atoms with Gasteiger partial charge in [-0.2, -0.15) is 0 Å². The lowest BCUT2D eigenvalue weighted by atomic mass is 9.86. The maximum absolute atomic E-state index is 4.01. The number of hydrogen-bond acceptors (Lipinski definition) is 1. The number of hydrogen-bond donors (Lipinski definition) is 0. The molecule has 0 aliphatic heterocycles. The second-order valence-corrected chi connectivity index (χ2v) is 7.59. The van der Waals surface area contributed by atoms with Gasteiger partial charge in [-0.05, 0) is 41.2 Å². The van der Waals surface area contributed by atoms with Gasteiger partial charge in [0.1, 0.15) is 0 Å². The van der Waals surface area contributed by atoms with Crippen LogP contribution in [0.3, 0.4) is 0 Å². The fourth-order valence-corrected chi connectivity index (χ4v) is 5.33. The zero-order valence-electron chi connectivity index (χ0n) is 11.3. The molecule has 1 aromatic carbocycles. The summed E-state index contributed by atoms with van der Waals surface area (Å²) in [6.07, 6.45) is 9.91. The summed E-state index contributed by atoms with van der Waals surface area (Å²) in [5.41, 5.74) is 1.52. The number of rotatable bonds is 2. The molecule has 19 heavy (non-hydrogen) atoms. The first-order chi connectivity index (χ1) is 9.36. The normalized spacial score (nSPS) is 20.1. The van der Waals surface area contributed by atoms with Gasteiger partial charge in [-0.3, -0.25) is 0 Å². The molecule has 1 saturated carbocycles. The Kier molecular flexibility index (Phi) is 4.60. The van der Waals surface area contributed by atoms with Crippen LogP contribution >= 0.6 is 27.3 Å². The second kappa shape index (κ2) is 6.41. The summed E-state index contributed by atoms with van der Waals surface area (Å²) in [6.45, 7) is 0. The lowest BCUT2D eigenvalue weighted by Gasteiger charge is -2.24. The predicted octanol–water partition coefficient (Wildman–Crippen LogP) is 6.70. The van der Waals surface area contributed by atoms with Crippen LogP contribution in [0.15, 0.2) is 29.6 Å². The molecule has 1 heterocycles. The summed E-state index contributed by atoms with van der Waals surface area (Å²) < 4.78 is 1.42. The van der Waals surface area contributed by atoms with Gasteiger partial charge in [0.25, 0.3) is 0 Å². The van der Waals surface area contributed by atoms with Crippen LogP contribution in [0.1, 0.15) is 55.3 Å². The molecule has 0 spiro atoms. The monoisotopic (exact) mass is 336 g/mol. The molecule has 1 unspecified atom stereocenters. The standard InChI is InChI=1S/C17H21BrS/c18-17(13-8-4-2-1-3-5-9-13)15-12-19-16-11-7-6-10-14(15)16/h6-7,10-13,17H,1-5,8-9H2. The molecule has 1 fully saturated rings. The van der Waals surface area contributed by atoms with Crippen LogP contribution in [-0.2, 0) is 0 Å². The van der Waals surface area contributed by atoms with Crippen molar-refractivity contribution in [2.45, 2.75) is 49.8 Å². The lowest BCUT2D eigenvalue weighted by molar-refractivity contribution is 0.375. The molecule has 0 amide bonds. The summed E-state index contributed by atoms with van der Waals surface area (Å²) >= 11 is 5.90. The van der Waals surface area contributed by atoms with Crippen molar-refractivity contribution in [2.24, 2.45) is 5.92 Å². The Bertz CT molecular complexity index is 523.